The molecule has 2 aromatic carbocycles. The summed E-state index contributed by atoms with van der Waals surface area (Å²) in [5.74, 6) is 0.862. The van der Waals surface area contributed by atoms with Crippen LogP contribution in [0.15, 0.2) is 53.0 Å². The number of nitrogens with one attached hydrogen (secondary N) is 1. The average molecular weight is 428 g/mol. The first-order valence-electron chi connectivity index (χ1n) is 9.24. The van der Waals surface area contributed by atoms with Gasteiger partial charge in [-0.2, -0.15) is 0 Å². The van der Waals surface area contributed by atoms with Crippen LogP contribution in [0.25, 0.3) is 6.08 Å². The highest BCUT2D eigenvalue weighted by Gasteiger charge is 2.35. The van der Waals surface area contributed by atoms with E-state index in [-0.39, 0.29) is 5.91 Å². The van der Waals surface area contributed by atoms with Gasteiger partial charge in [0.2, 0.25) is 5.91 Å². The third kappa shape index (κ3) is 4.09. The molecule has 1 N–H and O–H groups in total. The van der Waals surface area contributed by atoms with Crippen LogP contribution in [0, 0.1) is 0 Å². The summed E-state index contributed by atoms with van der Waals surface area (Å²) in [4.78, 5) is 12.7. The number of amides is 1. The van der Waals surface area contributed by atoms with Crippen LogP contribution < -0.4 is 10.1 Å². The van der Waals surface area contributed by atoms with Gasteiger partial charge in [-0.3, -0.25) is 4.79 Å². The van der Waals surface area contributed by atoms with Crippen LogP contribution in [-0.2, 0) is 21.5 Å². The molecular formula is C22H22BrNO3. The van der Waals surface area contributed by atoms with E-state index in [0.29, 0.717) is 13.2 Å². The fourth-order valence-corrected chi connectivity index (χ4v) is 4.15. The molecular weight excluding hydrogens is 406 g/mol. The molecule has 5 heteroatoms. The van der Waals surface area contributed by atoms with Crippen molar-refractivity contribution in [2.45, 2.75) is 24.8 Å². The molecule has 140 valence electrons. The molecule has 0 radical (unpaired) electrons. The maximum Gasteiger partial charge on any atom is 0.244 e. The maximum atomic E-state index is 12.7. The van der Waals surface area contributed by atoms with Gasteiger partial charge in [-0.15, -0.1) is 0 Å². The Bertz CT molecular complexity index is 872. The molecule has 27 heavy (non-hydrogen) atoms. The minimum atomic E-state index is -0.394. The smallest absolute Gasteiger partial charge is 0.244 e. The van der Waals surface area contributed by atoms with Crippen molar-refractivity contribution in [3.05, 3.63) is 69.7 Å². The zero-order chi connectivity index (χ0) is 18.7. The van der Waals surface area contributed by atoms with Gasteiger partial charge in [0.05, 0.1) is 12.1 Å². The zero-order valence-corrected chi connectivity index (χ0v) is 16.6. The van der Waals surface area contributed by atoms with Crippen LogP contribution in [0.2, 0.25) is 0 Å². The first kappa shape index (κ1) is 18.3. The van der Waals surface area contributed by atoms with Gasteiger partial charge in [-0.05, 0) is 59.9 Å². The third-order valence-electron chi connectivity index (χ3n) is 5.23. The summed E-state index contributed by atoms with van der Waals surface area (Å²) >= 11 is 3.54. The standard InChI is InChI=1S/C22H22BrNO3/c23-19-3-1-2-18(15-19)22(9-12-26-13-10-22)24-21(25)7-5-16-4-6-20-17(14-16)8-11-27-20/h1-7,14-15H,8-13H2,(H,24,25)/b7-5+. The van der Waals surface area contributed by atoms with Crippen LogP contribution in [0.3, 0.4) is 0 Å². The molecule has 2 aliphatic rings. The van der Waals surface area contributed by atoms with Gasteiger partial charge in [0, 0.05) is 30.2 Å². The number of carbonyl (C=O) groups excluding carboxylic acids is 1. The second-order valence-corrected chi connectivity index (χ2v) is 7.91. The highest BCUT2D eigenvalue weighted by molar-refractivity contribution is 9.10. The number of carbonyl (C=O) groups is 1. The zero-order valence-electron chi connectivity index (χ0n) is 15.0. The van der Waals surface area contributed by atoms with E-state index in [4.69, 9.17) is 9.47 Å². The van der Waals surface area contributed by atoms with Crippen molar-refractivity contribution in [2.24, 2.45) is 0 Å². The number of halogens is 1. The summed E-state index contributed by atoms with van der Waals surface area (Å²) in [7, 11) is 0. The second-order valence-electron chi connectivity index (χ2n) is 6.99. The van der Waals surface area contributed by atoms with E-state index in [2.05, 4.69) is 39.4 Å². The molecule has 1 saturated heterocycles. The number of rotatable bonds is 4. The van der Waals surface area contributed by atoms with Gasteiger partial charge in [0.15, 0.2) is 0 Å². The van der Waals surface area contributed by atoms with E-state index in [1.54, 1.807) is 6.08 Å². The number of hydrogen-bond donors (Lipinski definition) is 1. The molecule has 0 saturated carbocycles. The predicted molar refractivity (Wildman–Crippen MR) is 109 cm³/mol. The molecule has 0 atom stereocenters. The summed E-state index contributed by atoms with van der Waals surface area (Å²) in [6.07, 6.45) is 5.93. The first-order chi connectivity index (χ1) is 13.1. The van der Waals surface area contributed by atoms with E-state index in [9.17, 15) is 4.79 Å². The van der Waals surface area contributed by atoms with Crippen LogP contribution in [0.4, 0.5) is 0 Å². The van der Waals surface area contributed by atoms with Gasteiger partial charge in [-0.25, -0.2) is 0 Å². The Morgan fingerprint density at radius 2 is 1.96 bits per heavy atom. The Hall–Kier alpha value is -2.11. The Morgan fingerprint density at radius 1 is 1.11 bits per heavy atom. The Morgan fingerprint density at radius 3 is 2.78 bits per heavy atom. The summed E-state index contributed by atoms with van der Waals surface area (Å²) in [6, 6.07) is 14.2. The van der Waals surface area contributed by atoms with E-state index in [0.717, 1.165) is 47.2 Å². The molecule has 4 rings (SSSR count). The molecule has 2 heterocycles. The SMILES string of the molecule is O=C(/C=C/c1ccc2c(c1)CCO2)NC1(c2cccc(Br)c2)CCOCC1. The second kappa shape index (κ2) is 7.87. The largest absolute Gasteiger partial charge is 0.493 e. The van der Waals surface area contributed by atoms with Crippen LogP contribution in [-0.4, -0.2) is 25.7 Å². The van der Waals surface area contributed by atoms with Gasteiger partial charge in [-0.1, -0.05) is 34.1 Å². The summed E-state index contributed by atoms with van der Waals surface area (Å²) < 4.78 is 12.1. The van der Waals surface area contributed by atoms with Crippen LogP contribution in [0.1, 0.15) is 29.5 Å². The third-order valence-corrected chi connectivity index (χ3v) is 5.72. The molecule has 0 aromatic heterocycles. The highest BCUT2D eigenvalue weighted by Crippen LogP contribution is 2.33. The van der Waals surface area contributed by atoms with Crippen molar-refractivity contribution < 1.29 is 14.3 Å². The molecule has 1 amide bonds. The predicted octanol–water partition coefficient (Wildman–Crippen LogP) is 4.22. The monoisotopic (exact) mass is 427 g/mol. The average Bonchev–Trinajstić information content (AvgIpc) is 3.15. The fraction of sp³-hybridized carbons (Fsp3) is 0.318. The van der Waals surface area contributed by atoms with Crippen LogP contribution in [0.5, 0.6) is 5.75 Å². The van der Waals surface area contributed by atoms with Gasteiger partial charge >= 0.3 is 0 Å². The van der Waals surface area contributed by atoms with Crippen LogP contribution >= 0.6 is 15.9 Å². The quantitative estimate of drug-likeness (QED) is 0.742. The molecule has 0 bridgehead atoms. The molecule has 2 aromatic rings. The number of hydrogen-bond acceptors (Lipinski definition) is 3. The van der Waals surface area contributed by atoms with Crippen molar-refractivity contribution in [3.8, 4) is 5.75 Å². The van der Waals surface area contributed by atoms with Gasteiger partial charge in [0.25, 0.3) is 0 Å². The molecule has 0 unspecified atom stereocenters. The van der Waals surface area contributed by atoms with E-state index in [1.807, 2.05) is 30.3 Å². The van der Waals surface area contributed by atoms with Crippen molar-refractivity contribution in [2.75, 3.05) is 19.8 Å². The number of fused-ring (bicyclic) bond motifs is 1. The van der Waals surface area contributed by atoms with Gasteiger partial charge in [0.1, 0.15) is 5.75 Å². The first-order valence-corrected chi connectivity index (χ1v) is 10.0. The molecule has 4 nitrogen and oxygen atoms in total. The minimum Gasteiger partial charge on any atom is -0.493 e. The lowest BCUT2D eigenvalue weighted by Crippen LogP contribution is -2.49. The molecule has 2 aliphatic heterocycles. The number of benzene rings is 2. The highest BCUT2D eigenvalue weighted by atomic mass is 79.9. The molecule has 0 spiro atoms. The lowest BCUT2D eigenvalue weighted by molar-refractivity contribution is -0.119. The number of ether oxygens (including phenoxy) is 2. The summed E-state index contributed by atoms with van der Waals surface area (Å²) in [5.41, 5.74) is 2.93. The van der Waals surface area contributed by atoms with E-state index >= 15 is 0 Å². The van der Waals surface area contributed by atoms with Crippen molar-refractivity contribution in [3.63, 3.8) is 0 Å². The summed E-state index contributed by atoms with van der Waals surface area (Å²) in [6.45, 7) is 2.02. The lowest BCUT2D eigenvalue weighted by atomic mass is 9.82. The molecule has 1 fully saturated rings. The molecule has 0 aliphatic carbocycles. The van der Waals surface area contributed by atoms with Crippen molar-refractivity contribution in [1.82, 2.24) is 5.32 Å². The van der Waals surface area contributed by atoms with E-state index in [1.165, 1.54) is 5.56 Å². The minimum absolute atomic E-state index is 0.0892. The van der Waals surface area contributed by atoms with Crippen molar-refractivity contribution in [1.29, 1.82) is 0 Å². The topological polar surface area (TPSA) is 47.6 Å². The van der Waals surface area contributed by atoms with Gasteiger partial charge < -0.3 is 14.8 Å². The summed E-state index contributed by atoms with van der Waals surface area (Å²) in [5, 5.41) is 3.25. The van der Waals surface area contributed by atoms with Crippen molar-refractivity contribution >= 4 is 27.9 Å². The normalized spacial score (nSPS) is 18.1. The maximum absolute atomic E-state index is 12.7. The van der Waals surface area contributed by atoms with E-state index < -0.39 is 5.54 Å². The Balaban J connectivity index is 1.52. The fourth-order valence-electron chi connectivity index (χ4n) is 3.75. The Kier molecular flexibility index (Phi) is 5.32. The Labute approximate surface area is 167 Å². The lowest BCUT2D eigenvalue weighted by Gasteiger charge is -2.38.